The fourth-order valence-electron chi connectivity index (χ4n) is 2.30. The van der Waals surface area contributed by atoms with Crippen molar-refractivity contribution in [2.24, 2.45) is 5.10 Å². The van der Waals surface area contributed by atoms with Crippen molar-refractivity contribution in [2.45, 2.75) is 6.92 Å². The summed E-state index contributed by atoms with van der Waals surface area (Å²) in [7, 11) is 0. The predicted octanol–water partition coefficient (Wildman–Crippen LogP) is 5.33. The summed E-state index contributed by atoms with van der Waals surface area (Å²) < 4.78 is 5.67. The van der Waals surface area contributed by atoms with Gasteiger partial charge in [-0.05, 0) is 42.8 Å². The summed E-state index contributed by atoms with van der Waals surface area (Å²) in [6.07, 6.45) is 1.43. The maximum atomic E-state index is 12.1. The molecule has 0 radical (unpaired) electrons. The van der Waals surface area contributed by atoms with Crippen LogP contribution >= 0.6 is 23.2 Å². The summed E-state index contributed by atoms with van der Waals surface area (Å²) in [4.78, 5) is 12.1. The highest BCUT2D eigenvalue weighted by molar-refractivity contribution is 6.43. The van der Waals surface area contributed by atoms with E-state index >= 15 is 0 Å². The minimum absolute atomic E-state index is 0.279. The van der Waals surface area contributed by atoms with Crippen molar-refractivity contribution in [2.75, 3.05) is 0 Å². The number of carbonyl (C=O) groups excluding carboxylic acids is 1. The molecule has 1 N–H and O–H groups in total. The van der Waals surface area contributed by atoms with Gasteiger partial charge >= 0.3 is 0 Å². The second-order valence-corrected chi connectivity index (χ2v) is 6.10. The van der Waals surface area contributed by atoms with Crippen molar-refractivity contribution in [3.05, 3.63) is 81.5 Å². The Balaban J connectivity index is 1.71. The molecule has 0 saturated heterocycles. The zero-order valence-electron chi connectivity index (χ0n) is 13.3. The lowest BCUT2D eigenvalue weighted by Gasteiger charge is -2.03. The topological polar surface area (TPSA) is 54.6 Å². The summed E-state index contributed by atoms with van der Waals surface area (Å²) in [5.74, 6) is 0.773. The third-order valence-electron chi connectivity index (χ3n) is 3.59. The fourth-order valence-corrected chi connectivity index (χ4v) is 2.70. The summed E-state index contributed by atoms with van der Waals surface area (Å²) >= 11 is 12.2. The van der Waals surface area contributed by atoms with E-state index in [2.05, 4.69) is 10.5 Å². The van der Waals surface area contributed by atoms with E-state index in [4.69, 9.17) is 27.6 Å². The molecule has 0 bridgehead atoms. The predicted molar refractivity (Wildman–Crippen MR) is 100 cm³/mol. The van der Waals surface area contributed by atoms with Crippen molar-refractivity contribution in [1.82, 2.24) is 5.43 Å². The minimum Gasteiger partial charge on any atom is -0.455 e. The third kappa shape index (κ3) is 3.92. The molecule has 3 rings (SSSR count). The highest BCUT2D eigenvalue weighted by atomic mass is 35.5. The molecule has 0 atom stereocenters. The number of hydrazone groups is 1. The molecule has 0 fully saturated rings. The molecule has 126 valence electrons. The zero-order valence-corrected chi connectivity index (χ0v) is 14.8. The maximum absolute atomic E-state index is 12.1. The molecule has 0 aliphatic heterocycles. The average molecular weight is 373 g/mol. The van der Waals surface area contributed by atoms with Crippen LogP contribution in [0.2, 0.25) is 10.0 Å². The molecule has 1 amide bonds. The van der Waals surface area contributed by atoms with Gasteiger partial charge in [-0.25, -0.2) is 5.43 Å². The number of nitrogens with one attached hydrogen (secondary N) is 1. The normalized spacial score (nSPS) is 11.0. The number of carbonyl (C=O) groups is 1. The Morgan fingerprint density at radius 2 is 1.88 bits per heavy atom. The van der Waals surface area contributed by atoms with Crippen LogP contribution in [-0.4, -0.2) is 12.1 Å². The van der Waals surface area contributed by atoms with Crippen molar-refractivity contribution >= 4 is 35.3 Å². The lowest BCUT2D eigenvalue weighted by atomic mass is 10.1. The van der Waals surface area contributed by atoms with Gasteiger partial charge in [-0.15, -0.1) is 0 Å². The molecule has 0 spiro atoms. The molecular weight excluding hydrogens is 359 g/mol. The molecule has 0 aliphatic carbocycles. The summed E-state index contributed by atoms with van der Waals surface area (Å²) in [5, 5.41) is 4.81. The van der Waals surface area contributed by atoms with E-state index in [0.717, 1.165) is 5.56 Å². The fraction of sp³-hybridized carbons (Fsp3) is 0.0526. The van der Waals surface area contributed by atoms with Gasteiger partial charge in [0.1, 0.15) is 11.5 Å². The number of rotatable bonds is 4. The van der Waals surface area contributed by atoms with Crippen LogP contribution in [0.1, 0.15) is 21.7 Å². The van der Waals surface area contributed by atoms with E-state index in [0.29, 0.717) is 32.7 Å². The Hall–Kier alpha value is -2.56. The second kappa shape index (κ2) is 7.55. The number of hydrogen-bond acceptors (Lipinski definition) is 3. The smallest absolute Gasteiger partial charge is 0.271 e. The van der Waals surface area contributed by atoms with Gasteiger partial charge in [0.25, 0.3) is 5.91 Å². The monoisotopic (exact) mass is 372 g/mol. The third-order valence-corrected chi connectivity index (χ3v) is 4.41. The van der Waals surface area contributed by atoms with E-state index in [1.54, 1.807) is 36.4 Å². The first-order valence-corrected chi connectivity index (χ1v) is 8.25. The Bertz CT molecular complexity index is 948. The van der Waals surface area contributed by atoms with Crippen LogP contribution < -0.4 is 5.43 Å². The summed E-state index contributed by atoms with van der Waals surface area (Å²) in [6.45, 7) is 1.87. The molecule has 1 aromatic heterocycles. The molecule has 3 aromatic rings. The molecule has 0 unspecified atom stereocenters. The van der Waals surface area contributed by atoms with Crippen molar-refractivity contribution < 1.29 is 9.21 Å². The van der Waals surface area contributed by atoms with Gasteiger partial charge in [0.2, 0.25) is 0 Å². The number of nitrogens with zero attached hydrogens (tertiary/aromatic N) is 1. The van der Waals surface area contributed by atoms with Crippen LogP contribution in [0.3, 0.4) is 0 Å². The van der Waals surface area contributed by atoms with Gasteiger partial charge < -0.3 is 4.42 Å². The molecule has 25 heavy (non-hydrogen) atoms. The average Bonchev–Trinajstić information content (AvgIpc) is 3.06. The minimum atomic E-state index is -0.279. The lowest BCUT2D eigenvalue weighted by Crippen LogP contribution is -2.18. The number of furan rings is 1. The van der Waals surface area contributed by atoms with Gasteiger partial charge in [0.05, 0.1) is 16.3 Å². The van der Waals surface area contributed by atoms with E-state index in [1.165, 1.54) is 6.21 Å². The highest BCUT2D eigenvalue weighted by Crippen LogP contribution is 2.34. The molecule has 0 aliphatic rings. The Kier molecular flexibility index (Phi) is 5.22. The van der Waals surface area contributed by atoms with Crippen LogP contribution in [0.5, 0.6) is 0 Å². The quantitative estimate of drug-likeness (QED) is 0.497. The number of hydrogen-bond donors (Lipinski definition) is 1. The molecule has 6 heteroatoms. The van der Waals surface area contributed by atoms with Gasteiger partial charge in [0, 0.05) is 11.1 Å². The van der Waals surface area contributed by atoms with Crippen LogP contribution in [0, 0.1) is 6.92 Å². The standard InChI is InChI=1S/C19H14Cl2N2O2/c1-12-5-2-3-6-14(12)19(24)23-22-11-13-9-10-17(25-13)15-7-4-8-16(20)18(15)21/h2-11H,1H3,(H,23,24)/b22-11-. The van der Waals surface area contributed by atoms with Crippen LogP contribution in [0.25, 0.3) is 11.3 Å². The number of halogens is 2. The Morgan fingerprint density at radius 3 is 2.68 bits per heavy atom. The maximum Gasteiger partial charge on any atom is 0.271 e. The summed E-state index contributed by atoms with van der Waals surface area (Å²) in [5.41, 5.74) is 4.63. The van der Waals surface area contributed by atoms with Gasteiger partial charge in [-0.2, -0.15) is 5.10 Å². The van der Waals surface area contributed by atoms with Crippen molar-refractivity contribution in [3.8, 4) is 11.3 Å². The largest absolute Gasteiger partial charge is 0.455 e. The molecule has 0 saturated carbocycles. The molecule has 2 aromatic carbocycles. The Labute approximate surface area is 155 Å². The molecule has 1 heterocycles. The molecule has 4 nitrogen and oxygen atoms in total. The van der Waals surface area contributed by atoms with E-state index in [-0.39, 0.29) is 5.91 Å². The zero-order chi connectivity index (χ0) is 17.8. The lowest BCUT2D eigenvalue weighted by molar-refractivity contribution is 0.0954. The first-order valence-electron chi connectivity index (χ1n) is 7.49. The second-order valence-electron chi connectivity index (χ2n) is 5.32. The van der Waals surface area contributed by atoms with Gasteiger partial charge in [0.15, 0.2) is 0 Å². The van der Waals surface area contributed by atoms with E-state index in [1.807, 2.05) is 25.1 Å². The van der Waals surface area contributed by atoms with Gasteiger partial charge in [-0.3, -0.25) is 4.79 Å². The number of benzene rings is 2. The first kappa shape index (κ1) is 17.3. The van der Waals surface area contributed by atoms with Crippen molar-refractivity contribution in [3.63, 3.8) is 0 Å². The SMILES string of the molecule is Cc1ccccc1C(=O)N/N=C\c1ccc(-c2cccc(Cl)c2Cl)o1. The van der Waals surface area contributed by atoms with E-state index < -0.39 is 0 Å². The van der Waals surface area contributed by atoms with Crippen LogP contribution in [0.15, 0.2) is 64.1 Å². The first-order chi connectivity index (χ1) is 12.1. The van der Waals surface area contributed by atoms with E-state index in [9.17, 15) is 4.79 Å². The highest BCUT2D eigenvalue weighted by Gasteiger charge is 2.10. The summed E-state index contributed by atoms with van der Waals surface area (Å²) in [6, 6.07) is 16.1. The van der Waals surface area contributed by atoms with Crippen LogP contribution in [-0.2, 0) is 0 Å². The van der Waals surface area contributed by atoms with Crippen molar-refractivity contribution in [1.29, 1.82) is 0 Å². The molecular formula is C19H14Cl2N2O2. The number of amides is 1. The van der Waals surface area contributed by atoms with Gasteiger partial charge in [-0.1, -0.05) is 47.5 Å². The number of aryl methyl sites for hydroxylation is 1. The Morgan fingerprint density at radius 1 is 1.08 bits per heavy atom. The van der Waals surface area contributed by atoms with Crippen LogP contribution in [0.4, 0.5) is 0 Å².